The third-order valence-corrected chi connectivity index (χ3v) is 5.30. The van der Waals surface area contributed by atoms with Crippen molar-refractivity contribution in [1.82, 2.24) is 9.88 Å². The van der Waals surface area contributed by atoms with Crippen molar-refractivity contribution < 1.29 is 34.8 Å². The van der Waals surface area contributed by atoms with Gasteiger partial charge in [0.1, 0.15) is 0 Å². The maximum Gasteiger partial charge on any atom is 0.336 e. The number of nitrogens with zero attached hydrogens (tertiary/aromatic N) is 2. The lowest BCUT2D eigenvalue weighted by molar-refractivity contribution is -0.170. The second-order valence-electron chi connectivity index (χ2n) is 8.36. The van der Waals surface area contributed by atoms with Gasteiger partial charge < -0.3 is 30.6 Å². The number of pyridine rings is 1. The minimum Gasteiger partial charge on any atom is -0.481 e. The van der Waals surface area contributed by atoms with Crippen molar-refractivity contribution in [3.05, 3.63) is 70.9 Å². The number of aliphatic hydroxyl groups is 1. The molecule has 192 valence electrons. The van der Waals surface area contributed by atoms with Gasteiger partial charge in [-0.15, -0.1) is 0 Å². The van der Waals surface area contributed by atoms with Crippen molar-refractivity contribution >= 4 is 46.1 Å². The molecule has 0 bridgehead atoms. The van der Waals surface area contributed by atoms with E-state index in [0.717, 1.165) is 29.7 Å². The summed E-state index contributed by atoms with van der Waals surface area (Å²) in [6.45, 7) is 1.72. The van der Waals surface area contributed by atoms with E-state index in [9.17, 15) is 14.4 Å². The van der Waals surface area contributed by atoms with E-state index in [0.29, 0.717) is 5.02 Å². The maximum absolute atomic E-state index is 10.3. The average molecular weight is 518 g/mol. The van der Waals surface area contributed by atoms with Gasteiger partial charge in [0.15, 0.2) is 5.60 Å². The molecular weight excluding hydrogens is 490 g/mol. The first-order chi connectivity index (χ1) is 16.9. The molecule has 3 aromatic rings. The van der Waals surface area contributed by atoms with Crippen LogP contribution in [-0.2, 0) is 27.5 Å². The zero-order valence-electron chi connectivity index (χ0n) is 19.8. The van der Waals surface area contributed by atoms with Crippen molar-refractivity contribution in [3.63, 3.8) is 0 Å². The number of halogens is 1. The summed E-state index contributed by atoms with van der Waals surface area (Å²) >= 11 is 6.05. The Labute approximate surface area is 212 Å². The molecule has 3 rings (SSSR count). The Balaban J connectivity index is 0.000000302. The number of carboxylic acids is 3. The number of hydrogen-bond donors (Lipinski definition) is 5. The number of carboxylic acid groups (broad SMARTS) is 3. The molecule has 0 aliphatic rings. The molecule has 0 radical (unpaired) electrons. The predicted molar refractivity (Wildman–Crippen MR) is 135 cm³/mol. The maximum atomic E-state index is 10.3. The SMILES string of the molecule is CN(C)Cc1ccccc1CNc1ccnc2cc(Cl)ccc12.O=C(O)CC(O)(CC(=O)O)C(=O)O. The van der Waals surface area contributed by atoms with Gasteiger partial charge in [-0.2, -0.15) is 0 Å². The van der Waals surface area contributed by atoms with Crippen molar-refractivity contribution in [2.75, 3.05) is 19.4 Å². The molecule has 0 aliphatic heterocycles. The van der Waals surface area contributed by atoms with E-state index in [2.05, 4.69) is 53.6 Å². The van der Waals surface area contributed by atoms with Gasteiger partial charge in [0.2, 0.25) is 0 Å². The quantitative estimate of drug-likeness (QED) is 0.270. The highest BCUT2D eigenvalue weighted by Crippen LogP contribution is 2.25. The number of hydrogen-bond acceptors (Lipinski definition) is 7. The van der Waals surface area contributed by atoms with Crippen LogP contribution in [0.1, 0.15) is 24.0 Å². The van der Waals surface area contributed by atoms with Gasteiger partial charge in [-0.3, -0.25) is 14.6 Å². The van der Waals surface area contributed by atoms with E-state index < -0.39 is 36.4 Å². The Bertz CT molecular complexity index is 1220. The molecule has 0 atom stereocenters. The standard InChI is InChI=1S/C19H20ClN3.C6H8O7/c1-23(2)13-15-6-4-3-5-14(15)12-22-18-9-10-21-19-11-16(20)7-8-17(18)19;7-3(8)1-6(13,5(11)12)2-4(9)10/h3-11H,12-13H2,1-2H3,(H,21,22);13H,1-2H2,(H,7,8)(H,9,10)(H,11,12). The topological polar surface area (TPSA) is 160 Å². The third-order valence-electron chi connectivity index (χ3n) is 5.06. The highest BCUT2D eigenvalue weighted by molar-refractivity contribution is 6.31. The fraction of sp³-hybridized carbons (Fsp3) is 0.280. The molecule has 0 aliphatic carbocycles. The van der Waals surface area contributed by atoms with Crippen LogP contribution in [0.3, 0.4) is 0 Å². The van der Waals surface area contributed by atoms with Crippen LogP contribution in [0.5, 0.6) is 0 Å². The van der Waals surface area contributed by atoms with Gasteiger partial charge in [-0.05, 0) is 49.5 Å². The van der Waals surface area contributed by atoms with Crippen molar-refractivity contribution in [1.29, 1.82) is 0 Å². The van der Waals surface area contributed by atoms with Crippen molar-refractivity contribution in [3.8, 4) is 0 Å². The van der Waals surface area contributed by atoms with Gasteiger partial charge in [-0.25, -0.2) is 4.79 Å². The molecule has 0 fully saturated rings. The molecule has 1 heterocycles. The fourth-order valence-electron chi connectivity index (χ4n) is 3.40. The van der Waals surface area contributed by atoms with E-state index in [-0.39, 0.29) is 0 Å². The zero-order chi connectivity index (χ0) is 26.9. The number of anilines is 1. The Morgan fingerprint density at radius 2 is 1.58 bits per heavy atom. The summed E-state index contributed by atoms with van der Waals surface area (Å²) < 4.78 is 0. The number of benzene rings is 2. The fourth-order valence-corrected chi connectivity index (χ4v) is 3.57. The summed E-state index contributed by atoms with van der Waals surface area (Å²) in [5.41, 5.74) is 1.89. The molecule has 0 saturated heterocycles. The lowest BCUT2D eigenvalue weighted by Gasteiger charge is -2.18. The van der Waals surface area contributed by atoms with Crippen LogP contribution < -0.4 is 5.32 Å². The first-order valence-corrected chi connectivity index (χ1v) is 11.2. The minimum absolute atomic E-state index is 0.707. The highest BCUT2D eigenvalue weighted by atomic mass is 35.5. The van der Waals surface area contributed by atoms with Gasteiger partial charge in [0.25, 0.3) is 0 Å². The van der Waals surface area contributed by atoms with E-state index in [1.807, 2.05) is 30.5 Å². The molecule has 1 aromatic heterocycles. The average Bonchev–Trinajstić information content (AvgIpc) is 2.77. The lowest BCUT2D eigenvalue weighted by Crippen LogP contribution is -2.42. The Morgan fingerprint density at radius 1 is 0.972 bits per heavy atom. The number of fused-ring (bicyclic) bond motifs is 1. The van der Waals surface area contributed by atoms with Gasteiger partial charge in [-0.1, -0.05) is 35.9 Å². The molecule has 0 spiro atoms. The number of aromatic nitrogens is 1. The van der Waals surface area contributed by atoms with Crippen LogP contribution >= 0.6 is 11.6 Å². The van der Waals surface area contributed by atoms with Crippen LogP contribution in [-0.4, -0.2) is 67.9 Å². The van der Waals surface area contributed by atoms with Gasteiger partial charge in [0.05, 0.1) is 18.4 Å². The third kappa shape index (κ3) is 8.49. The first kappa shape index (κ1) is 28.5. The molecule has 0 saturated carbocycles. The van der Waals surface area contributed by atoms with Gasteiger partial charge >= 0.3 is 17.9 Å². The Morgan fingerprint density at radius 3 is 2.14 bits per heavy atom. The summed E-state index contributed by atoms with van der Waals surface area (Å²) in [5, 5.41) is 39.1. The van der Waals surface area contributed by atoms with E-state index >= 15 is 0 Å². The van der Waals surface area contributed by atoms with Crippen LogP contribution in [0, 0.1) is 0 Å². The van der Waals surface area contributed by atoms with Crippen LogP contribution in [0.15, 0.2) is 54.7 Å². The van der Waals surface area contributed by atoms with Gasteiger partial charge in [0, 0.05) is 35.4 Å². The monoisotopic (exact) mass is 517 g/mol. The van der Waals surface area contributed by atoms with E-state index in [1.165, 1.54) is 11.1 Å². The lowest BCUT2D eigenvalue weighted by atomic mass is 9.96. The number of carbonyl (C=O) groups is 3. The summed E-state index contributed by atoms with van der Waals surface area (Å²) in [7, 11) is 4.18. The normalized spacial score (nSPS) is 11.0. The van der Waals surface area contributed by atoms with Crippen LogP contribution in [0.2, 0.25) is 5.02 Å². The Hall–Kier alpha value is -3.73. The highest BCUT2D eigenvalue weighted by Gasteiger charge is 2.40. The zero-order valence-corrected chi connectivity index (χ0v) is 20.6. The summed E-state index contributed by atoms with van der Waals surface area (Å²) in [5.74, 6) is -5.02. The molecule has 5 N–H and O–H groups in total. The van der Waals surface area contributed by atoms with Crippen LogP contribution in [0.4, 0.5) is 5.69 Å². The number of aliphatic carboxylic acids is 3. The molecule has 0 amide bonds. The van der Waals surface area contributed by atoms with Crippen molar-refractivity contribution in [2.45, 2.75) is 31.5 Å². The van der Waals surface area contributed by atoms with E-state index in [1.54, 1.807) is 0 Å². The molecule has 36 heavy (non-hydrogen) atoms. The summed E-state index contributed by atoms with van der Waals surface area (Å²) in [4.78, 5) is 37.1. The first-order valence-electron chi connectivity index (χ1n) is 10.8. The molecule has 2 aromatic carbocycles. The van der Waals surface area contributed by atoms with E-state index in [4.69, 9.17) is 32.0 Å². The second kappa shape index (κ2) is 12.8. The number of nitrogens with one attached hydrogen (secondary N) is 1. The molecule has 10 nitrogen and oxygen atoms in total. The van der Waals surface area contributed by atoms with Crippen molar-refractivity contribution in [2.24, 2.45) is 0 Å². The summed E-state index contributed by atoms with van der Waals surface area (Å²) in [6, 6.07) is 16.3. The number of rotatable bonds is 10. The predicted octanol–water partition coefficient (Wildman–Crippen LogP) is 3.31. The van der Waals surface area contributed by atoms with Crippen LogP contribution in [0.25, 0.3) is 10.9 Å². The molecule has 11 heteroatoms. The minimum atomic E-state index is -2.74. The Kier molecular flexibility index (Phi) is 10.2. The smallest absolute Gasteiger partial charge is 0.336 e. The second-order valence-corrected chi connectivity index (χ2v) is 8.79. The molecular formula is C25H28ClN3O7. The molecule has 0 unspecified atom stereocenters. The summed E-state index contributed by atoms with van der Waals surface area (Å²) in [6.07, 6.45) is -0.476. The largest absolute Gasteiger partial charge is 0.481 e.